The van der Waals surface area contributed by atoms with E-state index in [1.807, 2.05) is 0 Å². The number of benzene rings is 3. The lowest BCUT2D eigenvalue weighted by molar-refractivity contribution is -0.132. The average Bonchev–Trinajstić information content (AvgIpc) is 3.05. The summed E-state index contributed by atoms with van der Waals surface area (Å²) in [6, 6.07) is 12.3. The first-order chi connectivity index (χ1) is 16.1. The Hall–Kier alpha value is -2.90. The normalized spacial score (nSPS) is 17.3. The molecule has 0 aromatic heterocycles. The van der Waals surface area contributed by atoms with E-state index in [1.165, 1.54) is 48.4 Å². The molecule has 0 bridgehead atoms. The first-order valence-corrected chi connectivity index (χ1v) is 11.2. The van der Waals surface area contributed by atoms with Gasteiger partial charge in [-0.2, -0.15) is 0 Å². The Kier molecular flexibility index (Phi) is 6.69. The van der Waals surface area contributed by atoms with E-state index in [0.29, 0.717) is 16.3 Å². The first-order valence-electron chi connectivity index (χ1n) is 9.72. The van der Waals surface area contributed by atoms with Crippen LogP contribution < -0.4 is 9.64 Å². The van der Waals surface area contributed by atoms with Crippen LogP contribution in [0.2, 0.25) is 20.1 Å². The van der Waals surface area contributed by atoms with Crippen molar-refractivity contribution < 1.29 is 24.5 Å². The van der Waals surface area contributed by atoms with E-state index >= 15 is 0 Å². The summed E-state index contributed by atoms with van der Waals surface area (Å²) in [7, 11) is 1.39. The number of hydrogen-bond acceptors (Lipinski definition) is 5. The molecule has 0 aliphatic carbocycles. The molecule has 3 aromatic rings. The number of anilines is 1. The van der Waals surface area contributed by atoms with Crippen molar-refractivity contribution in [3.05, 3.63) is 91.4 Å². The van der Waals surface area contributed by atoms with Gasteiger partial charge in [0.25, 0.3) is 11.7 Å². The second-order valence-corrected chi connectivity index (χ2v) is 8.99. The van der Waals surface area contributed by atoms with Gasteiger partial charge in [-0.05, 0) is 48.0 Å². The predicted molar refractivity (Wildman–Crippen MR) is 132 cm³/mol. The Balaban J connectivity index is 1.99. The van der Waals surface area contributed by atoms with Gasteiger partial charge in [0, 0.05) is 16.3 Å². The molecule has 1 aliphatic rings. The van der Waals surface area contributed by atoms with Crippen molar-refractivity contribution in [1.82, 2.24) is 0 Å². The summed E-state index contributed by atoms with van der Waals surface area (Å²) < 4.78 is 5.13. The molecule has 1 unspecified atom stereocenters. The summed E-state index contributed by atoms with van der Waals surface area (Å²) in [4.78, 5) is 27.6. The van der Waals surface area contributed by atoms with E-state index in [4.69, 9.17) is 51.1 Å². The average molecular weight is 539 g/mol. The lowest BCUT2D eigenvalue weighted by atomic mass is 9.95. The third-order valence-corrected chi connectivity index (χ3v) is 6.39. The zero-order chi connectivity index (χ0) is 24.7. The number of aromatic hydroxyl groups is 1. The second kappa shape index (κ2) is 9.39. The van der Waals surface area contributed by atoms with E-state index in [1.54, 1.807) is 18.2 Å². The predicted octanol–water partition coefficient (Wildman–Crippen LogP) is 6.64. The van der Waals surface area contributed by atoms with Gasteiger partial charge in [0.15, 0.2) is 5.75 Å². The second-order valence-electron chi connectivity index (χ2n) is 7.33. The van der Waals surface area contributed by atoms with Crippen LogP contribution in [0, 0.1) is 0 Å². The molecule has 1 heterocycles. The fraction of sp³-hybridized carbons (Fsp3) is 0.0833. The Morgan fingerprint density at radius 1 is 0.941 bits per heavy atom. The number of carbonyl (C=O) groups is 2. The summed E-state index contributed by atoms with van der Waals surface area (Å²) in [5.74, 6) is -2.30. The van der Waals surface area contributed by atoms with E-state index in [2.05, 4.69) is 0 Å². The number of ether oxygens (including phenoxy) is 1. The number of ketones is 1. The fourth-order valence-corrected chi connectivity index (χ4v) is 4.80. The maximum atomic E-state index is 13.2. The minimum atomic E-state index is -1.09. The van der Waals surface area contributed by atoms with Crippen molar-refractivity contribution in [1.29, 1.82) is 0 Å². The van der Waals surface area contributed by atoms with Gasteiger partial charge in [-0.1, -0.05) is 58.5 Å². The summed E-state index contributed by atoms with van der Waals surface area (Å²) in [5.41, 5.74) is 0.585. The number of amides is 1. The highest BCUT2D eigenvalue weighted by Crippen LogP contribution is 2.45. The minimum absolute atomic E-state index is 0.00437. The molecule has 34 heavy (non-hydrogen) atoms. The number of hydrogen-bond donors (Lipinski definition) is 2. The van der Waals surface area contributed by atoms with E-state index in [-0.39, 0.29) is 37.7 Å². The number of methoxy groups -OCH3 is 1. The molecule has 1 amide bonds. The fourth-order valence-electron chi connectivity index (χ4n) is 3.78. The highest BCUT2D eigenvalue weighted by atomic mass is 35.5. The van der Waals surface area contributed by atoms with Gasteiger partial charge in [0.05, 0.1) is 33.8 Å². The summed E-state index contributed by atoms with van der Waals surface area (Å²) >= 11 is 24.7. The first kappa shape index (κ1) is 24.2. The standard InChI is InChI=1S/C24H15Cl4NO5/c1-34-23-16(27)8-12(9-17(23)28)21(31)19-20(11-5-6-18(30)15(26)7-11)29(24(33)22(19)32)14-4-2-3-13(25)10-14/h2-10,20,30-31H,1H3/b21-19+. The van der Waals surface area contributed by atoms with Crippen molar-refractivity contribution in [2.45, 2.75) is 6.04 Å². The van der Waals surface area contributed by atoms with Crippen LogP contribution in [0.25, 0.3) is 5.76 Å². The van der Waals surface area contributed by atoms with Crippen molar-refractivity contribution in [2.75, 3.05) is 12.0 Å². The van der Waals surface area contributed by atoms with E-state index in [0.717, 1.165) is 0 Å². The van der Waals surface area contributed by atoms with E-state index in [9.17, 15) is 19.8 Å². The van der Waals surface area contributed by atoms with Gasteiger partial charge in [-0.3, -0.25) is 14.5 Å². The van der Waals surface area contributed by atoms with E-state index < -0.39 is 23.5 Å². The largest absolute Gasteiger partial charge is 0.507 e. The van der Waals surface area contributed by atoms with Crippen molar-refractivity contribution in [2.24, 2.45) is 0 Å². The molecule has 0 saturated carbocycles. The lowest BCUT2D eigenvalue weighted by Gasteiger charge is -2.26. The highest BCUT2D eigenvalue weighted by Gasteiger charge is 2.47. The van der Waals surface area contributed by atoms with Gasteiger partial charge in [-0.25, -0.2) is 0 Å². The number of aliphatic hydroxyl groups excluding tert-OH is 1. The Labute approximate surface area is 214 Å². The SMILES string of the molecule is COc1c(Cl)cc(/C(O)=C2\C(=O)C(=O)N(c3cccc(Cl)c3)C2c2ccc(O)c(Cl)c2)cc1Cl. The van der Waals surface area contributed by atoms with Crippen LogP contribution in [0.5, 0.6) is 11.5 Å². The molecular weight excluding hydrogens is 524 g/mol. The van der Waals surface area contributed by atoms with Crippen LogP contribution in [0.1, 0.15) is 17.2 Å². The molecule has 3 aromatic carbocycles. The number of rotatable bonds is 4. The molecule has 1 fully saturated rings. The number of phenolic OH excluding ortho intramolecular Hbond substituents is 1. The van der Waals surface area contributed by atoms with Crippen LogP contribution in [0.4, 0.5) is 5.69 Å². The molecule has 1 aliphatic heterocycles. The van der Waals surface area contributed by atoms with Crippen molar-refractivity contribution in [3.63, 3.8) is 0 Å². The van der Waals surface area contributed by atoms with Gasteiger partial charge in [-0.15, -0.1) is 0 Å². The van der Waals surface area contributed by atoms with Crippen LogP contribution in [-0.2, 0) is 9.59 Å². The van der Waals surface area contributed by atoms with Crippen LogP contribution in [-0.4, -0.2) is 29.0 Å². The smallest absolute Gasteiger partial charge is 0.300 e. The van der Waals surface area contributed by atoms with Crippen LogP contribution in [0.3, 0.4) is 0 Å². The highest BCUT2D eigenvalue weighted by molar-refractivity contribution is 6.52. The summed E-state index contributed by atoms with van der Waals surface area (Å²) in [6.07, 6.45) is 0. The molecule has 2 N–H and O–H groups in total. The molecule has 4 rings (SSSR count). The van der Waals surface area contributed by atoms with Gasteiger partial charge in [0.2, 0.25) is 0 Å². The Morgan fingerprint density at radius 2 is 1.62 bits per heavy atom. The van der Waals surface area contributed by atoms with Crippen LogP contribution in [0.15, 0.2) is 60.2 Å². The molecule has 1 atom stereocenters. The third kappa shape index (κ3) is 4.18. The monoisotopic (exact) mass is 537 g/mol. The van der Waals surface area contributed by atoms with Gasteiger partial charge < -0.3 is 14.9 Å². The maximum absolute atomic E-state index is 13.2. The topological polar surface area (TPSA) is 87.1 Å². The number of aliphatic hydroxyl groups is 1. The van der Waals surface area contributed by atoms with Gasteiger partial charge >= 0.3 is 0 Å². The van der Waals surface area contributed by atoms with Crippen molar-refractivity contribution in [3.8, 4) is 11.5 Å². The third-order valence-electron chi connectivity index (χ3n) is 5.29. The quantitative estimate of drug-likeness (QED) is 0.221. The zero-order valence-corrected chi connectivity index (χ0v) is 20.4. The minimum Gasteiger partial charge on any atom is -0.507 e. The maximum Gasteiger partial charge on any atom is 0.300 e. The Morgan fingerprint density at radius 3 is 2.21 bits per heavy atom. The number of phenols is 1. The number of carbonyl (C=O) groups excluding carboxylic acids is 2. The molecule has 174 valence electrons. The van der Waals surface area contributed by atoms with Crippen molar-refractivity contribution >= 4 is 69.5 Å². The molecular formula is C24H15Cl4NO5. The van der Waals surface area contributed by atoms with Crippen LogP contribution >= 0.6 is 46.4 Å². The number of nitrogens with zero attached hydrogens (tertiary/aromatic N) is 1. The Bertz CT molecular complexity index is 1350. The van der Waals surface area contributed by atoms with Gasteiger partial charge in [0.1, 0.15) is 11.5 Å². The zero-order valence-electron chi connectivity index (χ0n) is 17.4. The number of halogens is 4. The molecule has 0 spiro atoms. The number of Topliss-reactive ketones (excluding diaryl/α,β-unsaturated/α-hetero) is 1. The summed E-state index contributed by atoms with van der Waals surface area (Å²) in [5, 5.41) is 21.6. The molecule has 6 nitrogen and oxygen atoms in total. The lowest BCUT2D eigenvalue weighted by Crippen LogP contribution is -2.29. The molecule has 0 radical (unpaired) electrons. The molecule has 1 saturated heterocycles. The molecule has 10 heteroatoms. The summed E-state index contributed by atoms with van der Waals surface area (Å²) in [6.45, 7) is 0.